The molecule has 3 fully saturated rings. The molecular weight excluding hydrogens is 512 g/mol. The molecule has 1 aliphatic heterocycles. The van der Waals surface area contributed by atoms with E-state index in [0.717, 1.165) is 50.9 Å². The molecule has 2 unspecified atom stereocenters. The van der Waals surface area contributed by atoms with E-state index in [4.69, 9.17) is 11.6 Å². The third kappa shape index (κ3) is 7.38. The van der Waals surface area contributed by atoms with E-state index in [9.17, 15) is 10.1 Å². The van der Waals surface area contributed by atoms with Gasteiger partial charge in [-0.15, -0.1) is 0 Å². The van der Waals surface area contributed by atoms with E-state index in [1.165, 1.54) is 19.3 Å². The Morgan fingerprint density at radius 2 is 1.87 bits per heavy atom. The fraction of sp³-hybridized carbons (Fsp3) is 0.586. The molecule has 39 heavy (non-hydrogen) atoms. The Bertz CT molecular complexity index is 1150. The van der Waals surface area contributed by atoms with E-state index in [-0.39, 0.29) is 5.91 Å². The fourth-order valence-electron chi connectivity index (χ4n) is 6.56. The second-order valence-electron chi connectivity index (χ2n) is 11.2. The molecule has 2 bridgehead atoms. The monoisotopic (exact) mass is 550 g/mol. The summed E-state index contributed by atoms with van der Waals surface area (Å²) in [5.41, 5.74) is 1.40. The number of anilines is 2. The van der Waals surface area contributed by atoms with Crippen molar-refractivity contribution in [1.82, 2.24) is 25.9 Å². The SMILES string of the molecule is N#Cc1cnc(NCc2ccccc2Cl)nc1NCC1C[C@H]2CCC[C@@H](C1)C2NCC(=O)NC1CCNCC1. The van der Waals surface area contributed by atoms with Gasteiger partial charge in [-0.2, -0.15) is 10.2 Å². The van der Waals surface area contributed by atoms with Gasteiger partial charge < -0.3 is 26.6 Å². The van der Waals surface area contributed by atoms with Crippen LogP contribution in [0.1, 0.15) is 56.1 Å². The second kappa shape index (κ2) is 13.4. The number of aromatic nitrogens is 2. The summed E-state index contributed by atoms with van der Waals surface area (Å²) in [5.74, 6) is 2.80. The molecule has 0 spiro atoms. The molecule has 4 atom stereocenters. The van der Waals surface area contributed by atoms with Crippen LogP contribution in [-0.4, -0.2) is 54.1 Å². The fourth-order valence-corrected chi connectivity index (χ4v) is 6.77. The summed E-state index contributed by atoms with van der Waals surface area (Å²) in [6.07, 6.45) is 9.47. The maximum Gasteiger partial charge on any atom is 0.234 e. The zero-order valence-electron chi connectivity index (χ0n) is 22.4. The molecule has 2 heterocycles. The van der Waals surface area contributed by atoms with E-state index in [0.29, 0.717) is 65.3 Å². The lowest BCUT2D eigenvalue weighted by atomic mass is 9.64. The van der Waals surface area contributed by atoms with Crippen LogP contribution in [0.15, 0.2) is 30.5 Å². The number of piperidine rings is 1. The maximum atomic E-state index is 12.6. The molecule has 9 nitrogen and oxygen atoms in total. The maximum absolute atomic E-state index is 12.6. The highest BCUT2D eigenvalue weighted by Crippen LogP contribution is 2.43. The Balaban J connectivity index is 1.13. The zero-order valence-corrected chi connectivity index (χ0v) is 23.1. The van der Waals surface area contributed by atoms with E-state index in [2.05, 4.69) is 42.6 Å². The second-order valence-corrected chi connectivity index (χ2v) is 11.6. The molecule has 1 aromatic carbocycles. The van der Waals surface area contributed by atoms with E-state index < -0.39 is 0 Å². The average molecular weight is 551 g/mol. The van der Waals surface area contributed by atoms with Crippen molar-refractivity contribution in [3.8, 4) is 6.07 Å². The molecule has 10 heteroatoms. The molecule has 3 aliphatic rings. The molecule has 5 N–H and O–H groups in total. The van der Waals surface area contributed by atoms with E-state index in [1.54, 1.807) is 6.20 Å². The molecule has 1 amide bonds. The minimum atomic E-state index is 0.121. The van der Waals surface area contributed by atoms with Crippen molar-refractivity contribution < 1.29 is 4.79 Å². The van der Waals surface area contributed by atoms with Crippen molar-refractivity contribution in [2.75, 3.05) is 36.8 Å². The van der Waals surface area contributed by atoms with Crippen molar-refractivity contribution in [3.05, 3.63) is 46.6 Å². The lowest BCUT2D eigenvalue weighted by molar-refractivity contribution is -0.121. The van der Waals surface area contributed by atoms with E-state index >= 15 is 0 Å². The number of rotatable bonds is 10. The van der Waals surface area contributed by atoms with Crippen LogP contribution in [0.25, 0.3) is 0 Å². The number of nitriles is 1. The highest BCUT2D eigenvalue weighted by Gasteiger charge is 2.40. The predicted octanol–water partition coefficient (Wildman–Crippen LogP) is 3.68. The summed E-state index contributed by atoms with van der Waals surface area (Å²) in [4.78, 5) is 21.5. The number of hydrogen-bond acceptors (Lipinski definition) is 8. The van der Waals surface area contributed by atoms with Crippen LogP contribution in [0.3, 0.4) is 0 Å². The minimum absolute atomic E-state index is 0.121. The third-order valence-electron chi connectivity index (χ3n) is 8.50. The molecule has 0 radical (unpaired) electrons. The molecule has 2 aliphatic carbocycles. The van der Waals surface area contributed by atoms with Gasteiger partial charge in [0.25, 0.3) is 0 Å². The van der Waals surface area contributed by atoms with Crippen LogP contribution in [0, 0.1) is 29.1 Å². The molecule has 1 saturated heterocycles. The Morgan fingerprint density at radius 1 is 1.10 bits per heavy atom. The van der Waals surface area contributed by atoms with Crippen molar-refractivity contribution in [2.45, 2.75) is 63.6 Å². The normalized spacial score (nSPS) is 24.9. The Hall–Kier alpha value is -2.93. The number of carbonyl (C=O) groups is 1. The van der Waals surface area contributed by atoms with E-state index in [1.807, 2.05) is 24.3 Å². The first-order chi connectivity index (χ1) is 19.1. The van der Waals surface area contributed by atoms with Crippen molar-refractivity contribution in [3.63, 3.8) is 0 Å². The lowest BCUT2D eigenvalue weighted by Crippen LogP contribution is -2.53. The predicted molar refractivity (Wildman–Crippen MR) is 153 cm³/mol. The summed E-state index contributed by atoms with van der Waals surface area (Å²) >= 11 is 6.27. The number of amides is 1. The standard InChI is InChI=1S/C29H39ClN8O/c30-25-7-2-1-4-22(25)16-35-29-36-17-23(14-31)28(38-29)34-15-19-12-20-5-3-6-21(13-19)27(20)33-18-26(39)37-24-8-10-32-11-9-24/h1-2,4,7,17,19-21,24,27,32-33H,3,5-6,8-13,15-16,18H2,(H,37,39)(H2,34,35,36,38)/t19?,20-,21+,27?. The summed E-state index contributed by atoms with van der Waals surface area (Å²) < 4.78 is 0. The quantitative estimate of drug-likeness (QED) is 0.303. The Morgan fingerprint density at radius 3 is 2.62 bits per heavy atom. The average Bonchev–Trinajstić information content (AvgIpc) is 2.95. The molecule has 2 aromatic rings. The van der Waals surface area contributed by atoms with Gasteiger partial charge in [0, 0.05) is 30.2 Å². The van der Waals surface area contributed by atoms with Gasteiger partial charge in [-0.05, 0) is 81.0 Å². The summed E-state index contributed by atoms with van der Waals surface area (Å²) in [6, 6.07) is 10.6. The van der Waals surface area contributed by atoms with Gasteiger partial charge in [0.05, 0.1) is 12.7 Å². The molecule has 2 saturated carbocycles. The van der Waals surface area contributed by atoms with Gasteiger partial charge in [-0.1, -0.05) is 36.2 Å². The van der Waals surface area contributed by atoms with Crippen LogP contribution >= 0.6 is 11.6 Å². The molecular formula is C29H39ClN8O. The highest BCUT2D eigenvalue weighted by atomic mass is 35.5. The lowest BCUT2D eigenvalue weighted by Gasteiger charge is -2.46. The highest BCUT2D eigenvalue weighted by molar-refractivity contribution is 6.31. The number of fused-ring (bicyclic) bond motifs is 2. The number of carbonyl (C=O) groups excluding carboxylic acids is 1. The number of nitrogens with zero attached hydrogens (tertiary/aromatic N) is 3. The van der Waals surface area contributed by atoms with Gasteiger partial charge in [-0.3, -0.25) is 4.79 Å². The summed E-state index contributed by atoms with van der Waals surface area (Å²) in [5, 5.41) is 27.2. The Labute approximate surface area is 235 Å². The molecule has 1 aromatic heterocycles. The first kappa shape index (κ1) is 27.6. The number of halogens is 1. The van der Waals surface area contributed by atoms with Gasteiger partial charge in [0.15, 0.2) is 0 Å². The van der Waals surface area contributed by atoms with Crippen molar-refractivity contribution in [1.29, 1.82) is 5.26 Å². The van der Waals surface area contributed by atoms with Gasteiger partial charge in [0.1, 0.15) is 17.5 Å². The van der Waals surface area contributed by atoms with Crippen LogP contribution in [-0.2, 0) is 11.3 Å². The largest absolute Gasteiger partial charge is 0.369 e. The summed E-state index contributed by atoms with van der Waals surface area (Å²) in [6.45, 7) is 3.63. The Kier molecular flexibility index (Phi) is 9.51. The van der Waals surface area contributed by atoms with Crippen molar-refractivity contribution >= 4 is 29.3 Å². The minimum Gasteiger partial charge on any atom is -0.369 e. The van der Waals surface area contributed by atoms with Gasteiger partial charge in [0.2, 0.25) is 11.9 Å². The molecule has 208 valence electrons. The zero-order chi connectivity index (χ0) is 27.0. The van der Waals surface area contributed by atoms with Crippen LogP contribution in [0.2, 0.25) is 5.02 Å². The van der Waals surface area contributed by atoms with Gasteiger partial charge in [-0.25, -0.2) is 4.98 Å². The number of benzene rings is 1. The van der Waals surface area contributed by atoms with Crippen molar-refractivity contribution in [2.24, 2.45) is 17.8 Å². The van der Waals surface area contributed by atoms with Gasteiger partial charge >= 0.3 is 0 Å². The third-order valence-corrected chi connectivity index (χ3v) is 8.87. The number of nitrogens with one attached hydrogen (secondary N) is 5. The summed E-state index contributed by atoms with van der Waals surface area (Å²) in [7, 11) is 0. The number of hydrogen-bond donors (Lipinski definition) is 5. The smallest absolute Gasteiger partial charge is 0.234 e. The molecule has 5 rings (SSSR count). The first-order valence-corrected chi connectivity index (χ1v) is 14.7. The van der Waals surface area contributed by atoms with Crippen LogP contribution in [0.5, 0.6) is 0 Å². The van der Waals surface area contributed by atoms with Crippen LogP contribution in [0.4, 0.5) is 11.8 Å². The van der Waals surface area contributed by atoms with Crippen LogP contribution < -0.4 is 26.6 Å². The first-order valence-electron chi connectivity index (χ1n) is 14.3. The topological polar surface area (TPSA) is 127 Å².